The Labute approximate surface area is 167 Å². The van der Waals surface area contributed by atoms with E-state index in [0.717, 1.165) is 0 Å². The molecule has 0 atom stereocenters. The van der Waals surface area contributed by atoms with Crippen molar-refractivity contribution in [2.45, 2.75) is 4.90 Å². The number of rotatable bonds is 5. The quantitative estimate of drug-likeness (QED) is 0.506. The van der Waals surface area contributed by atoms with E-state index in [9.17, 15) is 13.2 Å². The molecule has 0 aliphatic carbocycles. The van der Waals surface area contributed by atoms with Gasteiger partial charge in [0.05, 0.1) is 18.2 Å². The van der Waals surface area contributed by atoms with Crippen LogP contribution < -0.4 is 14.5 Å². The van der Waals surface area contributed by atoms with E-state index in [0.29, 0.717) is 22.2 Å². The lowest BCUT2D eigenvalue weighted by atomic mass is 10.0. The molecule has 1 heterocycles. The van der Waals surface area contributed by atoms with Crippen molar-refractivity contribution in [1.82, 2.24) is 4.98 Å². The van der Waals surface area contributed by atoms with Crippen molar-refractivity contribution in [1.29, 1.82) is 0 Å². The number of methoxy groups -OCH3 is 1. The van der Waals surface area contributed by atoms with Crippen molar-refractivity contribution in [2.75, 3.05) is 7.11 Å². The molecule has 0 saturated heterocycles. The summed E-state index contributed by atoms with van der Waals surface area (Å²) >= 11 is 0. The fourth-order valence-electron chi connectivity index (χ4n) is 3.07. The van der Waals surface area contributed by atoms with Crippen LogP contribution in [0.5, 0.6) is 11.5 Å². The number of pyridine rings is 1. The van der Waals surface area contributed by atoms with E-state index in [2.05, 4.69) is 4.98 Å². The fourth-order valence-corrected chi connectivity index (χ4v) is 4.05. The largest absolute Gasteiger partial charge is 0.497 e. The van der Waals surface area contributed by atoms with Gasteiger partial charge in [-0.05, 0) is 29.8 Å². The number of hydrogen-bond donors (Lipinski definition) is 1. The van der Waals surface area contributed by atoms with E-state index < -0.39 is 15.7 Å². The Morgan fingerprint density at radius 1 is 0.862 bits per heavy atom. The van der Waals surface area contributed by atoms with E-state index in [1.807, 2.05) is 6.07 Å². The monoisotopic (exact) mass is 407 g/mol. The third-order valence-corrected chi connectivity index (χ3v) is 5.70. The van der Waals surface area contributed by atoms with Crippen LogP contribution in [0.15, 0.2) is 88.6 Å². The number of benzene rings is 3. The summed E-state index contributed by atoms with van der Waals surface area (Å²) in [6.45, 7) is 0. The van der Waals surface area contributed by atoms with Crippen molar-refractivity contribution in [3.8, 4) is 22.6 Å². The van der Waals surface area contributed by atoms with Gasteiger partial charge in [0.25, 0.3) is 5.56 Å². The normalized spacial score (nSPS) is 11.3. The van der Waals surface area contributed by atoms with E-state index in [1.54, 1.807) is 60.7 Å². The number of ether oxygens (including phenoxy) is 1. The van der Waals surface area contributed by atoms with Crippen LogP contribution in [0.4, 0.5) is 0 Å². The Balaban J connectivity index is 2.00. The maximum absolute atomic E-state index is 12.9. The van der Waals surface area contributed by atoms with Crippen LogP contribution in [-0.4, -0.2) is 20.5 Å². The average Bonchev–Trinajstić information content (AvgIpc) is 2.74. The van der Waals surface area contributed by atoms with Gasteiger partial charge in [0, 0.05) is 11.5 Å². The molecule has 4 rings (SSSR count). The van der Waals surface area contributed by atoms with Gasteiger partial charge >= 0.3 is 10.1 Å². The summed E-state index contributed by atoms with van der Waals surface area (Å²) in [5.41, 5.74) is 0.634. The molecule has 0 unspecified atom stereocenters. The van der Waals surface area contributed by atoms with Gasteiger partial charge in [-0.2, -0.15) is 8.42 Å². The minimum absolute atomic E-state index is 0.000884. The lowest BCUT2D eigenvalue weighted by molar-refractivity contribution is 0.415. The summed E-state index contributed by atoms with van der Waals surface area (Å²) in [6.07, 6.45) is 0. The molecule has 0 saturated carbocycles. The lowest BCUT2D eigenvalue weighted by Crippen LogP contribution is -2.16. The van der Waals surface area contributed by atoms with E-state index >= 15 is 0 Å². The molecule has 0 aliphatic heterocycles. The van der Waals surface area contributed by atoms with Crippen LogP contribution in [0.25, 0.3) is 22.0 Å². The molecule has 7 heteroatoms. The number of aromatic amines is 1. The predicted molar refractivity (Wildman–Crippen MR) is 111 cm³/mol. The van der Waals surface area contributed by atoms with Crippen LogP contribution in [0.3, 0.4) is 0 Å². The Kier molecular flexibility index (Phi) is 4.82. The summed E-state index contributed by atoms with van der Waals surface area (Å²) in [5.74, 6) is 0.499. The first-order chi connectivity index (χ1) is 14.0. The second-order valence-electron chi connectivity index (χ2n) is 6.29. The van der Waals surface area contributed by atoms with Crippen LogP contribution in [0.1, 0.15) is 0 Å². The number of aromatic nitrogens is 1. The maximum atomic E-state index is 12.9. The highest BCUT2D eigenvalue weighted by atomic mass is 32.2. The Hall–Kier alpha value is -3.58. The molecule has 0 bridgehead atoms. The number of nitrogens with one attached hydrogen (secondary N) is 1. The second kappa shape index (κ2) is 7.44. The molecule has 1 N–H and O–H groups in total. The molecular weight excluding hydrogens is 390 g/mol. The van der Waals surface area contributed by atoms with Crippen molar-refractivity contribution in [3.63, 3.8) is 0 Å². The van der Waals surface area contributed by atoms with Gasteiger partial charge in [-0.15, -0.1) is 0 Å². The van der Waals surface area contributed by atoms with Crippen LogP contribution in [-0.2, 0) is 10.1 Å². The van der Waals surface area contributed by atoms with Gasteiger partial charge < -0.3 is 13.9 Å². The van der Waals surface area contributed by atoms with Crippen molar-refractivity contribution < 1.29 is 17.3 Å². The Bertz CT molecular complexity index is 1330. The van der Waals surface area contributed by atoms with Crippen molar-refractivity contribution in [3.05, 3.63) is 89.2 Å². The molecule has 0 radical (unpaired) electrons. The number of fused-ring (bicyclic) bond motifs is 1. The predicted octanol–water partition coefficient (Wildman–Crippen LogP) is 3.97. The number of hydrogen-bond acceptors (Lipinski definition) is 5. The fraction of sp³-hybridized carbons (Fsp3) is 0.0455. The zero-order valence-electron chi connectivity index (χ0n) is 15.5. The highest BCUT2D eigenvalue weighted by Gasteiger charge is 2.23. The summed E-state index contributed by atoms with van der Waals surface area (Å²) in [6, 6.07) is 21.6. The molecule has 0 fully saturated rings. The van der Waals surface area contributed by atoms with Crippen LogP contribution in [0, 0.1) is 0 Å². The molecule has 146 valence electrons. The number of H-pyrrole nitrogens is 1. The van der Waals surface area contributed by atoms with Crippen LogP contribution >= 0.6 is 0 Å². The molecule has 4 aromatic rings. The lowest BCUT2D eigenvalue weighted by Gasteiger charge is -2.14. The minimum Gasteiger partial charge on any atom is -0.497 e. The molecular formula is C22H17NO5S. The SMILES string of the molecule is COc1ccc2c(OS(=O)(=O)c3ccccc3)c(-c3ccccc3)c(=O)[nH]c2c1. The maximum Gasteiger partial charge on any atom is 0.339 e. The summed E-state index contributed by atoms with van der Waals surface area (Å²) < 4.78 is 36.6. The van der Waals surface area contributed by atoms with Gasteiger partial charge in [-0.1, -0.05) is 48.5 Å². The van der Waals surface area contributed by atoms with Crippen LogP contribution in [0.2, 0.25) is 0 Å². The molecule has 0 aliphatic rings. The van der Waals surface area contributed by atoms with E-state index in [1.165, 1.54) is 19.2 Å². The first kappa shape index (κ1) is 18.8. The first-order valence-corrected chi connectivity index (χ1v) is 10.2. The molecule has 1 aromatic heterocycles. The zero-order valence-corrected chi connectivity index (χ0v) is 16.3. The first-order valence-electron chi connectivity index (χ1n) is 8.78. The molecule has 29 heavy (non-hydrogen) atoms. The second-order valence-corrected chi connectivity index (χ2v) is 7.83. The topological polar surface area (TPSA) is 85.5 Å². The molecule has 3 aromatic carbocycles. The van der Waals surface area contributed by atoms with Gasteiger partial charge in [0.15, 0.2) is 5.75 Å². The molecule has 0 spiro atoms. The van der Waals surface area contributed by atoms with Gasteiger partial charge in [0.1, 0.15) is 10.6 Å². The third kappa shape index (κ3) is 3.60. The van der Waals surface area contributed by atoms with Gasteiger partial charge in [-0.25, -0.2) is 0 Å². The molecule has 6 nitrogen and oxygen atoms in total. The summed E-state index contributed by atoms with van der Waals surface area (Å²) in [4.78, 5) is 15.7. The highest BCUT2D eigenvalue weighted by Crippen LogP contribution is 2.36. The Morgan fingerprint density at radius 2 is 1.52 bits per heavy atom. The Morgan fingerprint density at radius 3 is 2.17 bits per heavy atom. The smallest absolute Gasteiger partial charge is 0.339 e. The van der Waals surface area contributed by atoms with Gasteiger partial charge in [-0.3, -0.25) is 4.79 Å². The van der Waals surface area contributed by atoms with Crippen molar-refractivity contribution in [2.24, 2.45) is 0 Å². The molecule has 0 amide bonds. The van der Waals surface area contributed by atoms with E-state index in [-0.39, 0.29) is 16.2 Å². The van der Waals surface area contributed by atoms with Gasteiger partial charge in [0.2, 0.25) is 0 Å². The average molecular weight is 407 g/mol. The minimum atomic E-state index is -4.15. The highest BCUT2D eigenvalue weighted by molar-refractivity contribution is 7.87. The standard InChI is InChI=1S/C22H17NO5S/c1-27-16-12-13-18-19(14-16)23-22(24)20(15-8-4-2-5-9-15)21(18)28-29(25,26)17-10-6-3-7-11-17/h2-14H,1H3,(H,23,24). The summed E-state index contributed by atoms with van der Waals surface area (Å²) in [7, 11) is -2.64. The van der Waals surface area contributed by atoms with Crippen molar-refractivity contribution >= 4 is 21.0 Å². The zero-order chi connectivity index (χ0) is 20.4. The van der Waals surface area contributed by atoms with E-state index in [4.69, 9.17) is 8.92 Å². The summed E-state index contributed by atoms with van der Waals surface area (Å²) in [5, 5.41) is 0.448. The third-order valence-electron chi connectivity index (χ3n) is 4.46.